The maximum atomic E-state index is 13.1. The maximum Gasteiger partial charge on any atom is 0.338 e. The minimum Gasteiger partial charge on any atom is -0.494 e. The molecule has 39 heavy (non-hydrogen) atoms. The number of pyridine rings is 1. The maximum absolute atomic E-state index is 13.1. The summed E-state index contributed by atoms with van der Waals surface area (Å²) in [6.07, 6.45) is 2.64. The van der Waals surface area contributed by atoms with Crippen molar-refractivity contribution in [1.82, 2.24) is 19.1 Å². The third-order valence-corrected chi connectivity index (χ3v) is 6.84. The van der Waals surface area contributed by atoms with Gasteiger partial charge in [-0.2, -0.15) is 0 Å². The van der Waals surface area contributed by atoms with Crippen molar-refractivity contribution in [2.24, 2.45) is 0 Å². The highest BCUT2D eigenvalue weighted by atomic mass is 16.5. The smallest absolute Gasteiger partial charge is 0.338 e. The first-order valence-corrected chi connectivity index (χ1v) is 12.7. The molecule has 0 unspecified atom stereocenters. The number of aromatic nitrogens is 4. The normalized spacial score (nSPS) is 13.9. The SMILES string of the molecule is COC(=O)c1cc(OC)c2c(c1)nc1n2CCC(=O)Nc2ccccc2OCCCn2c-1cc1cccnc12. The molecule has 0 aliphatic carbocycles. The Labute approximate surface area is 224 Å². The topological polar surface area (TPSA) is 110 Å². The molecule has 0 spiro atoms. The second-order valence-corrected chi connectivity index (χ2v) is 9.22. The molecule has 198 valence electrons. The highest BCUT2D eigenvalue weighted by Crippen LogP contribution is 2.35. The van der Waals surface area contributed by atoms with Crippen LogP contribution in [0, 0.1) is 0 Å². The van der Waals surface area contributed by atoms with Crippen molar-refractivity contribution in [1.29, 1.82) is 0 Å². The number of nitrogens with one attached hydrogen (secondary N) is 1. The van der Waals surface area contributed by atoms with Crippen molar-refractivity contribution in [2.75, 3.05) is 26.1 Å². The zero-order valence-electron chi connectivity index (χ0n) is 21.6. The summed E-state index contributed by atoms with van der Waals surface area (Å²) in [4.78, 5) is 35.1. The van der Waals surface area contributed by atoms with Crippen LogP contribution in [0.15, 0.2) is 60.8 Å². The molecular formula is C29H27N5O5. The predicted molar refractivity (Wildman–Crippen MR) is 146 cm³/mol. The van der Waals surface area contributed by atoms with Gasteiger partial charge in [0, 0.05) is 31.1 Å². The molecule has 4 heterocycles. The number of carbonyl (C=O) groups is 2. The van der Waals surface area contributed by atoms with Crippen molar-refractivity contribution in [3.8, 4) is 23.0 Å². The monoisotopic (exact) mass is 525 g/mol. The van der Waals surface area contributed by atoms with Crippen molar-refractivity contribution >= 4 is 39.6 Å². The first-order valence-electron chi connectivity index (χ1n) is 12.7. The average Bonchev–Trinajstić information content (AvgIpc) is 3.51. The number of esters is 1. The van der Waals surface area contributed by atoms with Crippen molar-refractivity contribution < 1.29 is 23.8 Å². The summed E-state index contributed by atoms with van der Waals surface area (Å²) in [5.74, 6) is 1.09. The van der Waals surface area contributed by atoms with Gasteiger partial charge in [0.05, 0.1) is 43.3 Å². The van der Waals surface area contributed by atoms with Crippen LogP contribution in [-0.2, 0) is 22.6 Å². The molecule has 1 aliphatic heterocycles. The van der Waals surface area contributed by atoms with Gasteiger partial charge in [0.25, 0.3) is 0 Å². The lowest BCUT2D eigenvalue weighted by Crippen LogP contribution is -2.17. The Bertz CT molecular complexity index is 1720. The summed E-state index contributed by atoms with van der Waals surface area (Å²) in [5, 5.41) is 3.95. The third kappa shape index (κ3) is 4.43. The van der Waals surface area contributed by atoms with Crippen LogP contribution in [0.4, 0.5) is 5.69 Å². The molecule has 1 N–H and O–H groups in total. The molecule has 10 nitrogen and oxygen atoms in total. The van der Waals surface area contributed by atoms with Gasteiger partial charge in [0.15, 0.2) is 5.82 Å². The quantitative estimate of drug-likeness (QED) is 0.334. The lowest BCUT2D eigenvalue weighted by molar-refractivity contribution is -0.116. The highest BCUT2D eigenvalue weighted by molar-refractivity contribution is 5.98. The van der Waals surface area contributed by atoms with E-state index in [1.165, 1.54) is 7.11 Å². The van der Waals surface area contributed by atoms with Gasteiger partial charge >= 0.3 is 5.97 Å². The van der Waals surface area contributed by atoms with Gasteiger partial charge in [-0.1, -0.05) is 12.1 Å². The molecule has 0 saturated carbocycles. The van der Waals surface area contributed by atoms with Crippen LogP contribution < -0.4 is 14.8 Å². The molecule has 1 amide bonds. The van der Waals surface area contributed by atoms with E-state index in [9.17, 15) is 9.59 Å². The first-order chi connectivity index (χ1) is 19.1. The molecule has 0 atom stereocenters. The number of imidazole rings is 1. The van der Waals surface area contributed by atoms with Gasteiger partial charge in [-0.3, -0.25) is 4.79 Å². The number of nitrogens with zero attached hydrogens (tertiary/aromatic N) is 4. The Morgan fingerprint density at radius 2 is 1.92 bits per heavy atom. The Hall–Kier alpha value is -4.86. The Morgan fingerprint density at radius 1 is 1.05 bits per heavy atom. The van der Waals surface area contributed by atoms with E-state index in [1.54, 1.807) is 25.4 Å². The standard InChI is InChI=1S/C29H27N5O5/c1-37-24-17-19(29(36)38-2)15-21-26(24)34-13-10-25(35)31-20-8-3-4-9-23(20)39-14-6-12-33-22(28(34)32-21)16-18-7-5-11-30-27(18)33/h3-5,7-9,11,15-17H,6,10,12-14H2,1-2H3,(H,31,35). The average molecular weight is 526 g/mol. The molecule has 2 aromatic carbocycles. The largest absolute Gasteiger partial charge is 0.494 e. The third-order valence-electron chi connectivity index (χ3n) is 6.84. The zero-order chi connectivity index (χ0) is 26.9. The second kappa shape index (κ2) is 10.1. The van der Waals surface area contributed by atoms with E-state index in [-0.39, 0.29) is 12.3 Å². The lowest BCUT2D eigenvalue weighted by Gasteiger charge is -2.17. The summed E-state index contributed by atoms with van der Waals surface area (Å²) in [5.41, 5.74) is 3.89. The van der Waals surface area contributed by atoms with Gasteiger partial charge < -0.3 is 28.7 Å². The van der Waals surface area contributed by atoms with E-state index in [0.717, 1.165) is 16.7 Å². The number of hydrogen-bond donors (Lipinski definition) is 1. The number of ether oxygens (including phenoxy) is 3. The van der Waals surface area contributed by atoms with Gasteiger partial charge in [0.2, 0.25) is 5.91 Å². The zero-order valence-corrected chi connectivity index (χ0v) is 21.6. The molecule has 0 radical (unpaired) electrons. The van der Waals surface area contributed by atoms with Crippen molar-refractivity contribution in [3.63, 3.8) is 0 Å². The van der Waals surface area contributed by atoms with Crippen LogP contribution in [-0.4, -0.2) is 51.8 Å². The number of benzene rings is 2. The number of hydrogen-bond acceptors (Lipinski definition) is 7. The molecule has 6 rings (SSSR count). The Morgan fingerprint density at radius 3 is 2.77 bits per heavy atom. The number of carbonyl (C=O) groups excluding carboxylic acids is 2. The number of fused-ring (bicyclic) bond motifs is 8. The summed E-state index contributed by atoms with van der Waals surface area (Å²) in [7, 11) is 2.88. The molecule has 10 heteroatoms. The van der Waals surface area contributed by atoms with Crippen LogP contribution in [0.1, 0.15) is 23.2 Å². The molecule has 0 saturated heterocycles. The number of rotatable bonds is 2. The number of para-hydroxylation sites is 2. The summed E-state index contributed by atoms with van der Waals surface area (Å²) >= 11 is 0. The fraction of sp³-hybridized carbons (Fsp3) is 0.241. The van der Waals surface area contributed by atoms with Crippen LogP contribution in [0.5, 0.6) is 11.5 Å². The van der Waals surface area contributed by atoms with Crippen molar-refractivity contribution in [2.45, 2.75) is 25.9 Å². The van der Waals surface area contributed by atoms with E-state index >= 15 is 0 Å². The molecule has 0 fully saturated rings. The highest BCUT2D eigenvalue weighted by Gasteiger charge is 2.24. The van der Waals surface area contributed by atoms with Crippen LogP contribution in [0.2, 0.25) is 0 Å². The van der Waals surface area contributed by atoms with Gasteiger partial charge in [-0.15, -0.1) is 0 Å². The first kappa shape index (κ1) is 24.5. The summed E-state index contributed by atoms with van der Waals surface area (Å²) < 4.78 is 20.8. The minimum absolute atomic E-state index is 0.164. The predicted octanol–water partition coefficient (Wildman–Crippen LogP) is 4.66. The lowest BCUT2D eigenvalue weighted by atomic mass is 10.2. The van der Waals surface area contributed by atoms with Crippen LogP contribution in [0.3, 0.4) is 0 Å². The van der Waals surface area contributed by atoms with E-state index in [1.807, 2.05) is 41.0 Å². The number of aryl methyl sites for hydroxylation is 2. The van der Waals surface area contributed by atoms with Gasteiger partial charge in [0.1, 0.15) is 22.7 Å². The van der Waals surface area contributed by atoms with Crippen LogP contribution >= 0.6 is 0 Å². The fourth-order valence-corrected chi connectivity index (χ4v) is 5.06. The molecule has 1 aliphatic rings. The summed E-state index contributed by atoms with van der Waals surface area (Å²) in [6.45, 7) is 1.41. The second-order valence-electron chi connectivity index (χ2n) is 9.22. The van der Waals surface area contributed by atoms with Crippen molar-refractivity contribution in [3.05, 3.63) is 66.4 Å². The number of methoxy groups -OCH3 is 2. The fourth-order valence-electron chi connectivity index (χ4n) is 5.06. The molecule has 5 aromatic rings. The minimum atomic E-state index is -0.485. The van der Waals surface area contributed by atoms with E-state index in [4.69, 9.17) is 19.2 Å². The van der Waals surface area contributed by atoms with E-state index in [0.29, 0.717) is 65.7 Å². The van der Waals surface area contributed by atoms with Gasteiger partial charge in [-0.05, 0) is 48.9 Å². The number of anilines is 1. The van der Waals surface area contributed by atoms with Gasteiger partial charge in [-0.25, -0.2) is 14.8 Å². The number of amides is 1. The van der Waals surface area contributed by atoms with E-state index < -0.39 is 5.97 Å². The summed E-state index contributed by atoms with van der Waals surface area (Å²) in [6, 6.07) is 16.7. The van der Waals surface area contributed by atoms with E-state index in [2.05, 4.69) is 20.9 Å². The Balaban J connectivity index is 1.56. The molecule has 3 aromatic heterocycles. The molecule has 0 bridgehead atoms. The Kier molecular flexibility index (Phi) is 6.36. The van der Waals surface area contributed by atoms with Crippen LogP contribution in [0.25, 0.3) is 33.6 Å². The molecular weight excluding hydrogens is 498 g/mol.